The van der Waals surface area contributed by atoms with Gasteiger partial charge in [-0.3, -0.25) is 9.69 Å². The maximum Gasteiger partial charge on any atom is 0.311 e. The van der Waals surface area contributed by atoms with E-state index in [4.69, 9.17) is 4.74 Å². The molecule has 134 valence electrons. The molecule has 24 heavy (non-hydrogen) atoms. The van der Waals surface area contributed by atoms with Gasteiger partial charge in [0, 0.05) is 23.6 Å². The number of hydrogen-bond donors (Lipinski definition) is 1. The molecule has 2 aliphatic rings. The van der Waals surface area contributed by atoms with Crippen LogP contribution in [0.2, 0.25) is 0 Å². The first-order valence-electron chi connectivity index (χ1n) is 8.47. The number of carboxylic acid groups (broad SMARTS) is 1. The van der Waals surface area contributed by atoms with Crippen LogP contribution in [0.25, 0.3) is 0 Å². The smallest absolute Gasteiger partial charge is 0.311 e. The first-order chi connectivity index (χ1) is 11.2. The molecule has 0 aromatic heterocycles. The lowest BCUT2D eigenvalue weighted by atomic mass is 9.73. The van der Waals surface area contributed by atoms with Crippen molar-refractivity contribution in [2.24, 2.45) is 5.92 Å². The highest BCUT2D eigenvalue weighted by Crippen LogP contribution is 2.39. The molecule has 2 unspecified atom stereocenters. The fraction of sp³-hybridized carbons (Fsp3) is 0.611. The van der Waals surface area contributed by atoms with E-state index >= 15 is 0 Å². The molecule has 1 saturated heterocycles. The van der Waals surface area contributed by atoms with Crippen molar-refractivity contribution in [1.29, 1.82) is 0 Å². The van der Waals surface area contributed by atoms with Crippen molar-refractivity contribution in [1.82, 2.24) is 4.90 Å². The van der Waals surface area contributed by atoms with Gasteiger partial charge in [0.15, 0.2) is 0 Å². The molecule has 0 spiro atoms. The van der Waals surface area contributed by atoms with Crippen LogP contribution in [0.3, 0.4) is 0 Å². The van der Waals surface area contributed by atoms with Crippen LogP contribution in [-0.4, -0.2) is 48.3 Å². The SMILES string of the molecule is Cl.O=C(O)C(c1ccc(Br)cc1)C1CCCC[C@@H]1N1CCOCC1. The molecule has 3 rings (SSSR count). The highest BCUT2D eigenvalue weighted by molar-refractivity contribution is 9.10. The van der Waals surface area contributed by atoms with Gasteiger partial charge in [0.1, 0.15) is 0 Å². The monoisotopic (exact) mass is 417 g/mol. The van der Waals surface area contributed by atoms with Crippen LogP contribution in [0.15, 0.2) is 28.7 Å². The Labute approximate surface area is 158 Å². The molecule has 1 N–H and O–H groups in total. The van der Waals surface area contributed by atoms with Crippen molar-refractivity contribution in [2.75, 3.05) is 26.3 Å². The first-order valence-corrected chi connectivity index (χ1v) is 9.26. The summed E-state index contributed by atoms with van der Waals surface area (Å²) in [5.74, 6) is -0.936. The Bertz CT molecular complexity index is 534. The molecular formula is C18H25BrClNO3. The Hall–Kier alpha value is -0.620. The number of carbonyl (C=O) groups is 1. The van der Waals surface area contributed by atoms with Gasteiger partial charge in [-0.1, -0.05) is 40.9 Å². The molecule has 1 aromatic carbocycles. The third-order valence-electron chi connectivity index (χ3n) is 5.22. The third kappa shape index (κ3) is 4.51. The average molecular weight is 419 g/mol. The number of carboxylic acids is 1. The summed E-state index contributed by atoms with van der Waals surface area (Å²) in [6.45, 7) is 3.38. The number of benzene rings is 1. The largest absolute Gasteiger partial charge is 0.481 e. The minimum atomic E-state index is -0.697. The van der Waals surface area contributed by atoms with Crippen LogP contribution in [0.5, 0.6) is 0 Å². The summed E-state index contributed by atoms with van der Waals surface area (Å²) in [7, 11) is 0. The molecular weight excluding hydrogens is 394 g/mol. The van der Waals surface area contributed by atoms with Crippen molar-refractivity contribution >= 4 is 34.3 Å². The maximum atomic E-state index is 12.1. The quantitative estimate of drug-likeness (QED) is 0.805. The van der Waals surface area contributed by atoms with Gasteiger partial charge in [0.25, 0.3) is 0 Å². The Morgan fingerprint density at radius 3 is 2.42 bits per heavy atom. The van der Waals surface area contributed by atoms with Gasteiger partial charge >= 0.3 is 5.97 Å². The van der Waals surface area contributed by atoms with Gasteiger partial charge in [0.2, 0.25) is 0 Å². The second-order valence-corrected chi connectivity index (χ2v) is 7.45. The van der Waals surface area contributed by atoms with Crippen LogP contribution >= 0.6 is 28.3 Å². The van der Waals surface area contributed by atoms with Crippen LogP contribution in [0.1, 0.15) is 37.2 Å². The summed E-state index contributed by atoms with van der Waals surface area (Å²) in [5, 5.41) is 9.91. The summed E-state index contributed by atoms with van der Waals surface area (Å²) in [4.78, 5) is 14.5. The van der Waals surface area contributed by atoms with Crippen molar-refractivity contribution < 1.29 is 14.6 Å². The molecule has 2 fully saturated rings. The van der Waals surface area contributed by atoms with Gasteiger partial charge in [-0.25, -0.2) is 0 Å². The van der Waals surface area contributed by atoms with E-state index in [1.54, 1.807) is 0 Å². The second kappa shape index (κ2) is 9.18. The molecule has 0 amide bonds. The van der Waals surface area contributed by atoms with E-state index in [1.165, 1.54) is 6.42 Å². The van der Waals surface area contributed by atoms with Crippen LogP contribution in [0.4, 0.5) is 0 Å². The van der Waals surface area contributed by atoms with E-state index in [0.29, 0.717) is 6.04 Å². The highest BCUT2D eigenvalue weighted by Gasteiger charge is 2.39. The zero-order chi connectivity index (χ0) is 16.2. The predicted octanol–water partition coefficient (Wildman–Crippen LogP) is 3.93. The molecule has 1 saturated carbocycles. The van der Waals surface area contributed by atoms with Crippen LogP contribution in [0, 0.1) is 5.92 Å². The van der Waals surface area contributed by atoms with E-state index in [1.807, 2.05) is 24.3 Å². The van der Waals surface area contributed by atoms with E-state index in [2.05, 4.69) is 20.8 Å². The van der Waals surface area contributed by atoms with Gasteiger partial charge in [-0.15, -0.1) is 12.4 Å². The molecule has 1 aromatic rings. The molecule has 1 heterocycles. The second-order valence-electron chi connectivity index (χ2n) is 6.53. The Morgan fingerprint density at radius 2 is 1.79 bits per heavy atom. The Morgan fingerprint density at radius 1 is 1.17 bits per heavy atom. The summed E-state index contributed by atoms with van der Waals surface area (Å²) < 4.78 is 6.45. The third-order valence-corrected chi connectivity index (χ3v) is 5.75. The number of rotatable bonds is 4. The highest BCUT2D eigenvalue weighted by atomic mass is 79.9. The fourth-order valence-corrected chi connectivity index (χ4v) is 4.40. The topological polar surface area (TPSA) is 49.8 Å². The Kier molecular flexibility index (Phi) is 7.54. The zero-order valence-electron chi connectivity index (χ0n) is 13.7. The minimum Gasteiger partial charge on any atom is -0.481 e. The van der Waals surface area contributed by atoms with Crippen molar-refractivity contribution in [3.05, 3.63) is 34.3 Å². The molecule has 1 aliphatic heterocycles. The first kappa shape index (κ1) is 19.7. The molecule has 0 bridgehead atoms. The van der Waals surface area contributed by atoms with Crippen molar-refractivity contribution in [3.8, 4) is 0 Å². The summed E-state index contributed by atoms with van der Waals surface area (Å²) in [6.07, 6.45) is 4.43. The van der Waals surface area contributed by atoms with Crippen molar-refractivity contribution in [2.45, 2.75) is 37.6 Å². The zero-order valence-corrected chi connectivity index (χ0v) is 16.1. The summed E-state index contributed by atoms with van der Waals surface area (Å²) in [5.41, 5.74) is 0.922. The predicted molar refractivity (Wildman–Crippen MR) is 99.9 cm³/mol. The number of ether oxygens (including phenoxy) is 1. The standard InChI is InChI=1S/C18H24BrNO3.ClH/c19-14-7-5-13(6-8-14)17(18(21)22)15-3-1-2-4-16(15)20-9-11-23-12-10-20;/h5-8,15-17H,1-4,9-12H2,(H,21,22);1H/t15?,16-,17?;/m0./s1. The van der Waals surface area contributed by atoms with Crippen LogP contribution in [-0.2, 0) is 9.53 Å². The number of hydrogen-bond acceptors (Lipinski definition) is 3. The average Bonchev–Trinajstić information content (AvgIpc) is 2.58. The summed E-state index contributed by atoms with van der Waals surface area (Å²) in [6, 6.07) is 8.15. The van der Waals surface area contributed by atoms with Gasteiger partial charge in [0.05, 0.1) is 19.1 Å². The fourth-order valence-electron chi connectivity index (χ4n) is 4.13. The number of halogens is 2. The van der Waals surface area contributed by atoms with E-state index in [0.717, 1.165) is 55.6 Å². The number of morpholine rings is 1. The summed E-state index contributed by atoms with van der Waals surface area (Å²) >= 11 is 3.43. The van der Waals surface area contributed by atoms with E-state index in [9.17, 15) is 9.90 Å². The molecule has 3 atom stereocenters. The number of nitrogens with zero attached hydrogens (tertiary/aromatic N) is 1. The normalized spacial score (nSPS) is 26.4. The molecule has 0 radical (unpaired) electrons. The van der Waals surface area contributed by atoms with Gasteiger partial charge in [-0.05, 0) is 36.5 Å². The minimum absolute atomic E-state index is 0. The lowest BCUT2D eigenvalue weighted by Gasteiger charge is -2.43. The number of aliphatic carboxylic acids is 1. The van der Waals surface area contributed by atoms with Crippen LogP contribution < -0.4 is 0 Å². The Balaban J connectivity index is 0.00000208. The lowest BCUT2D eigenvalue weighted by molar-refractivity contribution is -0.141. The molecule has 4 nitrogen and oxygen atoms in total. The van der Waals surface area contributed by atoms with E-state index < -0.39 is 11.9 Å². The maximum absolute atomic E-state index is 12.1. The molecule has 6 heteroatoms. The molecule has 1 aliphatic carbocycles. The van der Waals surface area contributed by atoms with Crippen molar-refractivity contribution in [3.63, 3.8) is 0 Å². The van der Waals surface area contributed by atoms with Gasteiger partial charge < -0.3 is 9.84 Å². The lowest BCUT2D eigenvalue weighted by Crippen LogP contribution is -2.50. The van der Waals surface area contributed by atoms with E-state index in [-0.39, 0.29) is 18.3 Å². The van der Waals surface area contributed by atoms with Gasteiger partial charge in [-0.2, -0.15) is 0 Å².